The van der Waals surface area contributed by atoms with E-state index in [2.05, 4.69) is 49.4 Å². The van der Waals surface area contributed by atoms with Crippen LogP contribution in [0.4, 0.5) is 0 Å². The third-order valence-corrected chi connectivity index (χ3v) is 3.18. The van der Waals surface area contributed by atoms with Gasteiger partial charge in [0.25, 0.3) is 0 Å². The monoisotopic (exact) mass is 207 g/mol. The van der Waals surface area contributed by atoms with Gasteiger partial charge in [-0.05, 0) is 42.7 Å². The van der Waals surface area contributed by atoms with Crippen molar-refractivity contribution in [3.05, 3.63) is 47.2 Å². The average Bonchev–Trinajstić information content (AvgIpc) is 2.73. The summed E-state index contributed by atoms with van der Waals surface area (Å²) in [6.07, 6.45) is 6.43. The molecule has 2 aromatic rings. The molecule has 0 fully saturated rings. The topological polar surface area (TPSA) is 12.9 Å². The summed E-state index contributed by atoms with van der Waals surface area (Å²) < 4.78 is 0. The number of benzene rings is 1. The molecule has 0 bridgehead atoms. The minimum absolute atomic E-state index is 1.08. The Morgan fingerprint density at radius 2 is 2.00 bits per heavy atom. The van der Waals surface area contributed by atoms with Crippen molar-refractivity contribution in [2.75, 3.05) is 0 Å². The Bertz CT molecular complexity index is 633. The van der Waals surface area contributed by atoms with Gasteiger partial charge in [-0.3, -0.25) is 0 Å². The summed E-state index contributed by atoms with van der Waals surface area (Å²) >= 11 is 0. The highest BCUT2D eigenvalue weighted by molar-refractivity contribution is 6.03. The first-order chi connectivity index (χ1) is 7.79. The summed E-state index contributed by atoms with van der Waals surface area (Å²) in [5.41, 5.74) is 5.97. The highest BCUT2D eigenvalue weighted by Crippen LogP contribution is 2.31. The molecule has 1 heteroatoms. The molecule has 1 aliphatic carbocycles. The molecule has 0 saturated carbocycles. The van der Waals surface area contributed by atoms with Crippen molar-refractivity contribution < 1.29 is 0 Å². The van der Waals surface area contributed by atoms with Gasteiger partial charge in [0.2, 0.25) is 0 Å². The van der Waals surface area contributed by atoms with E-state index in [-0.39, 0.29) is 0 Å². The number of pyridine rings is 1. The van der Waals surface area contributed by atoms with Crippen molar-refractivity contribution in [1.82, 2.24) is 4.98 Å². The first kappa shape index (κ1) is 9.34. The van der Waals surface area contributed by atoms with Gasteiger partial charge in [-0.2, -0.15) is 0 Å². The quantitative estimate of drug-likeness (QED) is 0.584. The van der Waals surface area contributed by atoms with E-state index in [9.17, 15) is 0 Å². The molecule has 3 rings (SSSR count). The van der Waals surface area contributed by atoms with Gasteiger partial charge >= 0.3 is 0 Å². The molecule has 1 nitrogen and oxygen atoms in total. The molecule has 1 aromatic carbocycles. The summed E-state index contributed by atoms with van der Waals surface area (Å²) in [5.74, 6) is 0. The molecule has 0 N–H and O–H groups in total. The molecule has 1 heterocycles. The Morgan fingerprint density at radius 1 is 1.19 bits per heavy atom. The molecule has 0 radical (unpaired) electrons. The number of aromatic nitrogens is 1. The fourth-order valence-corrected chi connectivity index (χ4v) is 2.15. The molecule has 1 aromatic heterocycles. The van der Waals surface area contributed by atoms with Crippen LogP contribution in [-0.4, -0.2) is 4.98 Å². The van der Waals surface area contributed by atoms with Crippen molar-refractivity contribution in [1.29, 1.82) is 0 Å². The first-order valence-corrected chi connectivity index (χ1v) is 5.55. The molecule has 0 spiro atoms. The van der Waals surface area contributed by atoms with E-state index >= 15 is 0 Å². The Balaban J connectivity index is 2.38. The van der Waals surface area contributed by atoms with Crippen molar-refractivity contribution in [2.24, 2.45) is 0 Å². The van der Waals surface area contributed by atoms with E-state index in [0.29, 0.717) is 0 Å². The van der Waals surface area contributed by atoms with E-state index in [1.54, 1.807) is 0 Å². The van der Waals surface area contributed by atoms with Gasteiger partial charge in [-0.15, -0.1) is 0 Å². The Labute approximate surface area is 95.1 Å². The summed E-state index contributed by atoms with van der Waals surface area (Å²) in [5, 5.41) is 1.29. The minimum Gasteiger partial charge on any atom is -0.248 e. The van der Waals surface area contributed by atoms with Gasteiger partial charge in [0.1, 0.15) is 0 Å². The number of allylic oxidation sites excluding steroid dienone is 2. The minimum atomic E-state index is 1.08. The molecule has 1 aliphatic rings. The van der Waals surface area contributed by atoms with Crippen molar-refractivity contribution in [2.45, 2.75) is 13.8 Å². The molecule has 0 aliphatic heterocycles. The van der Waals surface area contributed by atoms with E-state index in [4.69, 9.17) is 4.98 Å². The molecule has 0 saturated heterocycles. The highest BCUT2D eigenvalue weighted by atomic mass is 14.7. The van der Waals surface area contributed by atoms with Crippen LogP contribution in [0.25, 0.3) is 28.6 Å². The van der Waals surface area contributed by atoms with Crippen LogP contribution in [-0.2, 0) is 0 Å². The maximum Gasteiger partial charge on any atom is 0.0721 e. The third-order valence-electron chi connectivity index (χ3n) is 3.18. The Hall–Kier alpha value is -1.89. The number of rotatable bonds is 1. The average molecular weight is 207 g/mol. The lowest BCUT2D eigenvalue weighted by Gasteiger charge is -2.05. The standard InChI is InChI=1S/C15H13N/c1-3-10(2)14-9-12-8-7-11-5-4-6-13(16-14)15(11)12/h3-9H,1-2H3/b10-3+. The smallest absolute Gasteiger partial charge is 0.0721 e. The Morgan fingerprint density at radius 3 is 2.81 bits per heavy atom. The lowest BCUT2D eigenvalue weighted by atomic mass is 10.1. The predicted octanol–water partition coefficient (Wildman–Crippen LogP) is 4.14. The van der Waals surface area contributed by atoms with Crippen LogP contribution in [0.15, 0.2) is 30.3 Å². The maximum absolute atomic E-state index is 4.70. The van der Waals surface area contributed by atoms with Crippen molar-refractivity contribution in [3.63, 3.8) is 0 Å². The summed E-state index contributed by atoms with van der Waals surface area (Å²) in [4.78, 5) is 4.70. The lowest BCUT2D eigenvalue weighted by molar-refractivity contribution is 1.32. The molecular formula is C15H13N. The third kappa shape index (κ3) is 1.21. The normalized spacial score (nSPS) is 13.8. The van der Waals surface area contributed by atoms with Gasteiger partial charge in [0.15, 0.2) is 0 Å². The summed E-state index contributed by atoms with van der Waals surface area (Å²) in [7, 11) is 0. The zero-order chi connectivity index (χ0) is 11.1. The van der Waals surface area contributed by atoms with Crippen LogP contribution < -0.4 is 0 Å². The van der Waals surface area contributed by atoms with Crippen LogP contribution in [0.2, 0.25) is 0 Å². The predicted molar refractivity (Wildman–Crippen MR) is 70.0 cm³/mol. The van der Waals surface area contributed by atoms with E-state index in [1.807, 2.05) is 6.92 Å². The van der Waals surface area contributed by atoms with Gasteiger partial charge in [0.05, 0.1) is 11.2 Å². The van der Waals surface area contributed by atoms with Crippen LogP contribution in [0.5, 0.6) is 0 Å². The lowest BCUT2D eigenvalue weighted by Crippen LogP contribution is -1.90. The SMILES string of the molecule is C/C=C(\C)c1cc2c3c(cccc3n1)C=C2. The van der Waals surface area contributed by atoms with Crippen LogP contribution in [0.3, 0.4) is 0 Å². The van der Waals surface area contributed by atoms with Crippen LogP contribution in [0.1, 0.15) is 30.7 Å². The molecule has 0 amide bonds. The van der Waals surface area contributed by atoms with Crippen LogP contribution in [0, 0.1) is 0 Å². The molecular weight excluding hydrogens is 194 g/mol. The zero-order valence-electron chi connectivity index (χ0n) is 9.49. The molecule has 78 valence electrons. The molecule has 16 heavy (non-hydrogen) atoms. The highest BCUT2D eigenvalue weighted by Gasteiger charge is 2.11. The maximum atomic E-state index is 4.70. The second-order valence-corrected chi connectivity index (χ2v) is 4.14. The number of nitrogens with zero attached hydrogens (tertiary/aromatic N) is 1. The fraction of sp³-hybridized carbons (Fsp3) is 0.133. The summed E-state index contributed by atoms with van der Waals surface area (Å²) in [6.45, 7) is 4.15. The van der Waals surface area contributed by atoms with Gasteiger partial charge in [-0.25, -0.2) is 4.98 Å². The first-order valence-electron chi connectivity index (χ1n) is 5.55. The fourth-order valence-electron chi connectivity index (χ4n) is 2.15. The Kier molecular flexibility index (Phi) is 1.93. The molecule has 0 atom stereocenters. The van der Waals surface area contributed by atoms with Crippen molar-refractivity contribution in [3.8, 4) is 0 Å². The van der Waals surface area contributed by atoms with Crippen LogP contribution >= 0.6 is 0 Å². The van der Waals surface area contributed by atoms with Gasteiger partial charge < -0.3 is 0 Å². The van der Waals surface area contributed by atoms with E-state index in [1.165, 1.54) is 22.1 Å². The van der Waals surface area contributed by atoms with Gasteiger partial charge in [-0.1, -0.05) is 30.4 Å². The van der Waals surface area contributed by atoms with E-state index in [0.717, 1.165) is 11.2 Å². The molecule has 0 unspecified atom stereocenters. The second-order valence-electron chi connectivity index (χ2n) is 4.14. The largest absolute Gasteiger partial charge is 0.248 e. The number of hydrogen-bond acceptors (Lipinski definition) is 1. The second kappa shape index (κ2) is 3.31. The number of hydrogen-bond donors (Lipinski definition) is 0. The van der Waals surface area contributed by atoms with Crippen molar-refractivity contribution >= 4 is 28.6 Å². The summed E-state index contributed by atoms with van der Waals surface area (Å²) in [6, 6.07) is 8.46. The van der Waals surface area contributed by atoms with E-state index < -0.39 is 0 Å². The van der Waals surface area contributed by atoms with Gasteiger partial charge in [0, 0.05) is 5.39 Å². The zero-order valence-corrected chi connectivity index (χ0v) is 9.49.